The minimum Gasteiger partial charge on any atom is -0.368 e. The van der Waals surface area contributed by atoms with Gasteiger partial charge >= 0.3 is 0 Å². The van der Waals surface area contributed by atoms with Gasteiger partial charge in [0.25, 0.3) is 0 Å². The van der Waals surface area contributed by atoms with Crippen LogP contribution in [0.5, 0.6) is 0 Å². The van der Waals surface area contributed by atoms with E-state index in [9.17, 15) is 4.79 Å². The lowest BCUT2D eigenvalue weighted by molar-refractivity contribution is -0.126. The number of hydrogen-bond acceptors (Lipinski definition) is 3. The lowest BCUT2D eigenvalue weighted by Gasteiger charge is -2.35. The molecule has 1 aliphatic rings. The molecular formula is C17H16BrClN2OS. The number of hydrogen-bond donors (Lipinski definition) is 0. The van der Waals surface area contributed by atoms with E-state index in [0.29, 0.717) is 0 Å². The number of anilines is 1. The van der Waals surface area contributed by atoms with Crippen LogP contribution in [0.25, 0.3) is 6.08 Å². The van der Waals surface area contributed by atoms with E-state index in [2.05, 4.69) is 26.9 Å². The van der Waals surface area contributed by atoms with Gasteiger partial charge in [0.05, 0.1) is 3.79 Å². The van der Waals surface area contributed by atoms with Crippen molar-refractivity contribution in [3.63, 3.8) is 0 Å². The molecule has 0 atom stereocenters. The number of thiophene rings is 1. The molecule has 0 unspecified atom stereocenters. The van der Waals surface area contributed by atoms with Gasteiger partial charge in [-0.15, -0.1) is 11.3 Å². The first kappa shape index (κ1) is 16.6. The lowest BCUT2D eigenvalue weighted by atomic mass is 10.2. The Morgan fingerprint density at radius 3 is 2.61 bits per heavy atom. The molecule has 1 saturated heterocycles. The molecule has 3 nitrogen and oxygen atoms in total. The highest BCUT2D eigenvalue weighted by atomic mass is 79.9. The Hall–Kier alpha value is -1.30. The van der Waals surface area contributed by atoms with Crippen molar-refractivity contribution in [3.05, 3.63) is 56.2 Å². The molecule has 1 aliphatic heterocycles. The lowest BCUT2D eigenvalue weighted by Crippen LogP contribution is -2.48. The van der Waals surface area contributed by atoms with Gasteiger partial charge in [-0.1, -0.05) is 17.7 Å². The van der Waals surface area contributed by atoms with Crippen LogP contribution in [0.2, 0.25) is 5.02 Å². The number of rotatable bonds is 3. The van der Waals surface area contributed by atoms with Crippen LogP contribution < -0.4 is 4.90 Å². The first-order chi connectivity index (χ1) is 11.1. The van der Waals surface area contributed by atoms with Gasteiger partial charge in [0.1, 0.15) is 0 Å². The summed E-state index contributed by atoms with van der Waals surface area (Å²) in [6, 6.07) is 11.8. The second-order valence-electron chi connectivity index (χ2n) is 5.27. The highest BCUT2D eigenvalue weighted by Crippen LogP contribution is 2.23. The summed E-state index contributed by atoms with van der Waals surface area (Å²) in [5.41, 5.74) is 1.11. The van der Waals surface area contributed by atoms with Gasteiger partial charge in [0.15, 0.2) is 0 Å². The third-order valence-corrected chi connectivity index (χ3v) is 5.57. The maximum Gasteiger partial charge on any atom is 0.246 e. The van der Waals surface area contributed by atoms with Crippen molar-refractivity contribution in [2.45, 2.75) is 0 Å². The molecule has 0 spiro atoms. The maximum atomic E-state index is 12.3. The highest BCUT2D eigenvalue weighted by molar-refractivity contribution is 9.11. The van der Waals surface area contributed by atoms with Crippen LogP contribution in [0.15, 0.2) is 46.3 Å². The van der Waals surface area contributed by atoms with E-state index < -0.39 is 0 Å². The fourth-order valence-electron chi connectivity index (χ4n) is 2.53. The molecular weight excluding hydrogens is 396 g/mol. The summed E-state index contributed by atoms with van der Waals surface area (Å²) in [6.07, 6.45) is 3.54. The Morgan fingerprint density at radius 1 is 1.17 bits per heavy atom. The molecule has 0 radical (unpaired) electrons. The quantitative estimate of drug-likeness (QED) is 0.693. The fourth-order valence-corrected chi connectivity index (χ4v) is 4.05. The van der Waals surface area contributed by atoms with Crippen molar-refractivity contribution in [3.8, 4) is 0 Å². The Morgan fingerprint density at radius 2 is 1.96 bits per heavy atom. The van der Waals surface area contributed by atoms with E-state index >= 15 is 0 Å². The number of nitrogens with zero attached hydrogens (tertiary/aromatic N) is 2. The van der Waals surface area contributed by atoms with Crippen LogP contribution >= 0.6 is 38.9 Å². The van der Waals surface area contributed by atoms with E-state index in [0.717, 1.165) is 45.6 Å². The molecule has 120 valence electrons. The minimum absolute atomic E-state index is 0.0697. The van der Waals surface area contributed by atoms with Gasteiger partial charge in [-0.2, -0.15) is 0 Å². The summed E-state index contributed by atoms with van der Waals surface area (Å²) in [4.78, 5) is 17.5. The van der Waals surface area contributed by atoms with Crippen LogP contribution in [0.1, 0.15) is 4.88 Å². The van der Waals surface area contributed by atoms with Crippen LogP contribution in [0.3, 0.4) is 0 Å². The molecule has 2 heterocycles. The van der Waals surface area contributed by atoms with E-state index in [1.54, 1.807) is 17.4 Å². The number of piperazine rings is 1. The summed E-state index contributed by atoms with van der Waals surface area (Å²) >= 11 is 11.1. The third kappa shape index (κ3) is 4.37. The van der Waals surface area contributed by atoms with Crippen molar-refractivity contribution >= 4 is 56.5 Å². The van der Waals surface area contributed by atoms with Crippen LogP contribution in [-0.2, 0) is 4.79 Å². The second kappa shape index (κ2) is 7.51. The van der Waals surface area contributed by atoms with Gasteiger partial charge in [0.2, 0.25) is 5.91 Å². The summed E-state index contributed by atoms with van der Waals surface area (Å²) in [6.45, 7) is 3.10. The van der Waals surface area contributed by atoms with Crippen molar-refractivity contribution in [2.24, 2.45) is 0 Å². The number of benzene rings is 1. The van der Waals surface area contributed by atoms with Crippen molar-refractivity contribution in [1.82, 2.24) is 4.90 Å². The predicted molar refractivity (Wildman–Crippen MR) is 101 cm³/mol. The van der Waals surface area contributed by atoms with Crippen LogP contribution in [0.4, 0.5) is 5.69 Å². The zero-order chi connectivity index (χ0) is 16.2. The topological polar surface area (TPSA) is 23.6 Å². The van der Waals surface area contributed by atoms with Gasteiger partial charge in [0, 0.05) is 47.8 Å². The number of carbonyl (C=O) groups excluding carboxylic acids is 1. The summed E-state index contributed by atoms with van der Waals surface area (Å²) < 4.78 is 1.07. The Kier molecular flexibility index (Phi) is 5.41. The molecule has 0 saturated carbocycles. The molecule has 1 aromatic heterocycles. The SMILES string of the molecule is O=C(/C=C/c1ccc(Br)s1)N1CCN(c2cccc(Cl)c2)CC1. The number of amides is 1. The van der Waals surface area contributed by atoms with E-state index in [1.807, 2.05) is 41.3 Å². The molecule has 23 heavy (non-hydrogen) atoms. The zero-order valence-electron chi connectivity index (χ0n) is 12.4. The maximum absolute atomic E-state index is 12.3. The third-order valence-electron chi connectivity index (χ3n) is 3.75. The van der Waals surface area contributed by atoms with Gasteiger partial charge in [-0.3, -0.25) is 4.79 Å². The standard InChI is InChI=1S/C17H16BrClN2OS/c18-16-6-4-15(23-16)5-7-17(22)21-10-8-20(9-11-21)14-3-1-2-13(19)12-14/h1-7,12H,8-11H2/b7-5+. The van der Waals surface area contributed by atoms with Crippen LogP contribution in [0, 0.1) is 0 Å². The Labute approximate surface area is 153 Å². The smallest absolute Gasteiger partial charge is 0.246 e. The average Bonchev–Trinajstić information content (AvgIpc) is 2.98. The second-order valence-corrected chi connectivity index (χ2v) is 8.20. The van der Waals surface area contributed by atoms with E-state index in [4.69, 9.17) is 11.6 Å². The van der Waals surface area contributed by atoms with Gasteiger partial charge < -0.3 is 9.80 Å². The van der Waals surface area contributed by atoms with Crippen molar-refractivity contribution in [2.75, 3.05) is 31.1 Å². The molecule has 6 heteroatoms. The van der Waals surface area contributed by atoms with Gasteiger partial charge in [-0.25, -0.2) is 0 Å². The molecule has 1 aromatic carbocycles. The summed E-state index contributed by atoms with van der Waals surface area (Å²) in [5.74, 6) is 0.0697. The van der Waals surface area contributed by atoms with Crippen LogP contribution in [-0.4, -0.2) is 37.0 Å². The molecule has 0 N–H and O–H groups in total. The Bertz CT molecular complexity index is 723. The van der Waals surface area contributed by atoms with Crippen molar-refractivity contribution in [1.29, 1.82) is 0 Å². The first-order valence-electron chi connectivity index (χ1n) is 7.35. The van der Waals surface area contributed by atoms with E-state index in [1.165, 1.54) is 0 Å². The highest BCUT2D eigenvalue weighted by Gasteiger charge is 2.19. The largest absolute Gasteiger partial charge is 0.368 e. The molecule has 1 fully saturated rings. The summed E-state index contributed by atoms with van der Waals surface area (Å²) in [7, 11) is 0. The van der Waals surface area contributed by atoms with E-state index in [-0.39, 0.29) is 5.91 Å². The molecule has 0 bridgehead atoms. The predicted octanol–water partition coefficient (Wildman–Crippen LogP) is 4.53. The molecule has 0 aliphatic carbocycles. The Balaban J connectivity index is 1.56. The number of halogens is 2. The summed E-state index contributed by atoms with van der Waals surface area (Å²) in [5, 5.41) is 0.742. The molecule has 1 amide bonds. The molecule has 2 aromatic rings. The molecule has 3 rings (SSSR count). The number of carbonyl (C=O) groups is 1. The minimum atomic E-state index is 0.0697. The average molecular weight is 412 g/mol. The fraction of sp³-hybridized carbons (Fsp3) is 0.235. The first-order valence-corrected chi connectivity index (χ1v) is 9.33. The zero-order valence-corrected chi connectivity index (χ0v) is 15.6. The normalized spacial score (nSPS) is 15.4. The van der Waals surface area contributed by atoms with Crippen molar-refractivity contribution < 1.29 is 4.79 Å². The monoisotopic (exact) mass is 410 g/mol. The van der Waals surface area contributed by atoms with Gasteiger partial charge in [-0.05, 0) is 52.3 Å².